The van der Waals surface area contributed by atoms with Crippen LogP contribution in [0.4, 0.5) is 0 Å². The lowest BCUT2D eigenvalue weighted by Gasteiger charge is -2.41. The number of rotatable bonds is 12. The number of nitrogens with one attached hydrogen (secondary N) is 4. The Bertz CT molecular complexity index is 2310. The normalized spacial score (nSPS) is 29.0. The van der Waals surface area contributed by atoms with E-state index < -0.39 is 156 Å². The van der Waals surface area contributed by atoms with Gasteiger partial charge < -0.3 is 60.3 Å². The zero-order valence-electron chi connectivity index (χ0n) is 55.4. The van der Waals surface area contributed by atoms with E-state index in [2.05, 4.69) is 21.3 Å². The minimum Gasteiger partial charge on any atom is -0.375 e. The SMILES string of the molecule is CC(C)C[C@@H]1C(=O)N[C@H](C)C(=O)N[C@@H](C)C(=O)N(C)[C@@H](CC(C)C)C(=O)N(C)[C@H](CC(C)C)C(=O)N(C)[C@H](C(C)C)C(=O)N(C)[C@H]([C@@H]2OCC[C@H]2C)C(=O)N[C@H](C(C)C)C(=O)N(C)CC(=O)N(C)[C@@H](CC(C)C)C(=O)N[C@H](C(C)C)C(=O)N1C. The molecule has 0 aromatic heterocycles. The van der Waals surface area contributed by atoms with Crippen LogP contribution in [0.3, 0.4) is 0 Å². The zero-order valence-corrected chi connectivity index (χ0v) is 55.4. The molecule has 0 bridgehead atoms. The highest BCUT2D eigenvalue weighted by Gasteiger charge is 2.47. The average Bonchev–Trinajstić information content (AvgIpc) is 3.82. The summed E-state index contributed by atoms with van der Waals surface area (Å²) in [5, 5.41) is 11.2. The van der Waals surface area contributed by atoms with Crippen LogP contribution in [0.15, 0.2) is 0 Å². The lowest BCUT2D eigenvalue weighted by atomic mass is 9.92. The van der Waals surface area contributed by atoms with Gasteiger partial charge in [0, 0.05) is 55.9 Å². The molecule has 84 heavy (non-hydrogen) atoms. The van der Waals surface area contributed by atoms with Gasteiger partial charge in [0.05, 0.1) is 12.6 Å². The molecule has 4 N–H and O–H groups in total. The summed E-state index contributed by atoms with van der Waals surface area (Å²) in [6.07, 6.45) is 0.458. The fourth-order valence-corrected chi connectivity index (χ4v) is 11.1. The molecule has 0 unspecified atom stereocenters. The van der Waals surface area contributed by atoms with Gasteiger partial charge in [-0.05, 0) is 93.3 Å². The molecule has 2 aliphatic heterocycles. The summed E-state index contributed by atoms with van der Waals surface area (Å²) in [6.45, 7) is 30.1. The summed E-state index contributed by atoms with van der Waals surface area (Å²) in [6, 6.07) is -11.7. The summed E-state index contributed by atoms with van der Waals surface area (Å²) in [4.78, 5) is 169. The molecule has 0 aromatic rings. The molecule has 0 aliphatic carbocycles. The van der Waals surface area contributed by atoms with Crippen LogP contribution in [0.2, 0.25) is 0 Å². The molecule has 2 rings (SSSR count). The van der Waals surface area contributed by atoms with Gasteiger partial charge in [0.15, 0.2) is 0 Å². The lowest BCUT2D eigenvalue weighted by Crippen LogP contribution is -2.64. The zero-order chi connectivity index (χ0) is 64.8. The first-order valence-electron chi connectivity index (χ1n) is 30.4. The van der Waals surface area contributed by atoms with Crippen LogP contribution in [0.5, 0.6) is 0 Å². The van der Waals surface area contributed by atoms with Gasteiger partial charge in [0.25, 0.3) is 0 Å². The lowest BCUT2D eigenvalue weighted by molar-refractivity contribution is -0.157. The highest BCUT2D eigenvalue weighted by atomic mass is 16.5. The standard InChI is InChI=1S/C61H109N11O12/c1-32(2)27-42-54(76)64-48(37(11)12)60(82)68(20)43(28-33(3)4)53(75)62-40(16)52(74)63-41(17)56(78)69(21)44(29-34(5)6)57(79)70(22)45(30-35(7)8)58(80)71(23)49(38(13)14)61(83)72(24)50(51-39(15)25-26-84-51)55(77)65-47(36(9)10)59(81)66(18)31-46(73)67(42)19/h32-45,47-51H,25-31H2,1-24H3,(H,62,75)(H,63,74)(H,64,76)(H,65,77)/t39-,40-,41+,42+,43-,44+,45-,47-,48-,49-,50-,51-/m1/s1. The predicted molar refractivity (Wildman–Crippen MR) is 322 cm³/mol. The van der Waals surface area contributed by atoms with E-state index >= 15 is 9.59 Å². The second-order valence-electron chi connectivity index (χ2n) is 26.7. The molecule has 2 heterocycles. The molecular formula is C61H109N11O12. The minimum absolute atomic E-state index is 0.121. The Morgan fingerprint density at radius 1 is 0.405 bits per heavy atom. The van der Waals surface area contributed by atoms with Gasteiger partial charge in [0.1, 0.15) is 60.4 Å². The number of amides is 11. The second kappa shape index (κ2) is 32.6. The Kier molecular flexibility index (Phi) is 28.8. The number of likely N-dealkylation sites (N-methyl/N-ethyl adjacent to an activating group) is 7. The van der Waals surface area contributed by atoms with Crippen molar-refractivity contribution in [2.75, 3.05) is 62.5 Å². The molecule has 480 valence electrons. The Morgan fingerprint density at radius 2 is 0.798 bits per heavy atom. The van der Waals surface area contributed by atoms with Crippen LogP contribution in [0, 0.1) is 47.3 Å². The third kappa shape index (κ3) is 19.6. The van der Waals surface area contributed by atoms with Gasteiger partial charge in [-0.2, -0.15) is 0 Å². The molecule has 2 aliphatic rings. The van der Waals surface area contributed by atoms with Crippen molar-refractivity contribution >= 4 is 65.0 Å². The van der Waals surface area contributed by atoms with Crippen molar-refractivity contribution in [1.82, 2.24) is 55.6 Å². The summed E-state index contributed by atoms with van der Waals surface area (Å²) < 4.78 is 6.18. The fourth-order valence-electron chi connectivity index (χ4n) is 11.1. The number of carbonyl (C=O) groups excluding carboxylic acids is 11. The van der Waals surface area contributed by atoms with E-state index in [4.69, 9.17) is 4.74 Å². The third-order valence-electron chi connectivity index (χ3n) is 16.4. The average molecular weight is 1190 g/mol. The number of hydrogen-bond donors (Lipinski definition) is 4. The maximum atomic E-state index is 15.2. The molecule has 12 atom stereocenters. The van der Waals surface area contributed by atoms with Crippen molar-refractivity contribution in [3.8, 4) is 0 Å². The van der Waals surface area contributed by atoms with E-state index in [9.17, 15) is 43.2 Å². The number of carbonyl (C=O) groups is 11. The molecule has 2 saturated heterocycles. The van der Waals surface area contributed by atoms with Crippen molar-refractivity contribution in [3.05, 3.63) is 0 Å². The first-order chi connectivity index (χ1) is 38.7. The molecule has 23 nitrogen and oxygen atoms in total. The van der Waals surface area contributed by atoms with E-state index in [1.807, 2.05) is 62.3 Å². The minimum atomic E-state index is -1.30. The maximum Gasteiger partial charge on any atom is 0.246 e. The summed E-state index contributed by atoms with van der Waals surface area (Å²) in [7, 11) is 10.2. The van der Waals surface area contributed by atoms with Gasteiger partial charge in [-0.3, -0.25) is 52.7 Å². The molecule has 11 amide bonds. The first kappa shape index (κ1) is 74.2. The molecule has 0 spiro atoms. The molecule has 23 heteroatoms. The quantitative estimate of drug-likeness (QED) is 0.220. The van der Waals surface area contributed by atoms with Crippen molar-refractivity contribution in [2.24, 2.45) is 47.3 Å². The van der Waals surface area contributed by atoms with E-state index in [1.54, 1.807) is 41.5 Å². The smallest absolute Gasteiger partial charge is 0.246 e. The topological polar surface area (TPSA) is 268 Å². The fraction of sp³-hybridized carbons (Fsp3) is 0.820. The molecular weight excluding hydrogens is 1080 g/mol. The summed E-state index contributed by atoms with van der Waals surface area (Å²) in [5.74, 6) is -9.17. The Morgan fingerprint density at radius 3 is 1.24 bits per heavy atom. The highest BCUT2D eigenvalue weighted by Crippen LogP contribution is 2.29. The molecule has 0 saturated carbocycles. The molecule has 0 radical (unpaired) electrons. The second-order valence-corrected chi connectivity index (χ2v) is 26.7. The van der Waals surface area contributed by atoms with E-state index in [0.717, 1.165) is 0 Å². The Labute approximate surface area is 502 Å². The van der Waals surface area contributed by atoms with Crippen LogP contribution in [0.1, 0.15) is 150 Å². The Balaban J connectivity index is 2.95. The van der Waals surface area contributed by atoms with Crippen LogP contribution in [-0.4, -0.2) is 228 Å². The van der Waals surface area contributed by atoms with Crippen LogP contribution < -0.4 is 21.3 Å². The van der Waals surface area contributed by atoms with Gasteiger partial charge in [-0.15, -0.1) is 0 Å². The van der Waals surface area contributed by atoms with Crippen LogP contribution in [0.25, 0.3) is 0 Å². The third-order valence-corrected chi connectivity index (χ3v) is 16.4. The van der Waals surface area contributed by atoms with Crippen LogP contribution in [-0.2, 0) is 57.5 Å². The number of nitrogens with zero attached hydrogens (tertiary/aromatic N) is 7. The first-order valence-corrected chi connectivity index (χ1v) is 30.4. The summed E-state index contributed by atoms with van der Waals surface area (Å²) >= 11 is 0. The van der Waals surface area contributed by atoms with Gasteiger partial charge in [-0.25, -0.2) is 0 Å². The number of ether oxygens (including phenoxy) is 1. The van der Waals surface area contributed by atoms with Gasteiger partial charge in [-0.1, -0.05) is 104 Å². The highest BCUT2D eigenvalue weighted by molar-refractivity contribution is 5.99. The monoisotopic (exact) mass is 1190 g/mol. The van der Waals surface area contributed by atoms with Crippen molar-refractivity contribution < 1.29 is 57.5 Å². The van der Waals surface area contributed by atoms with E-state index in [0.29, 0.717) is 13.0 Å². The van der Waals surface area contributed by atoms with E-state index in [1.165, 1.54) is 97.5 Å². The van der Waals surface area contributed by atoms with Crippen molar-refractivity contribution in [2.45, 2.75) is 216 Å². The Hall–Kier alpha value is -5.87. The van der Waals surface area contributed by atoms with Gasteiger partial charge in [0.2, 0.25) is 65.0 Å². The number of hydrogen-bond acceptors (Lipinski definition) is 12. The van der Waals surface area contributed by atoms with Crippen molar-refractivity contribution in [3.63, 3.8) is 0 Å². The molecule has 2 fully saturated rings. The maximum absolute atomic E-state index is 15.2. The largest absolute Gasteiger partial charge is 0.375 e. The van der Waals surface area contributed by atoms with Crippen LogP contribution >= 0.6 is 0 Å². The van der Waals surface area contributed by atoms with E-state index in [-0.39, 0.29) is 55.3 Å². The van der Waals surface area contributed by atoms with Gasteiger partial charge >= 0.3 is 0 Å². The molecule has 0 aromatic carbocycles. The summed E-state index contributed by atoms with van der Waals surface area (Å²) in [5.41, 5.74) is 0. The van der Waals surface area contributed by atoms with Crippen molar-refractivity contribution in [1.29, 1.82) is 0 Å². The predicted octanol–water partition coefficient (Wildman–Crippen LogP) is 2.98.